The molecule has 4 unspecified atom stereocenters. The Kier molecular flexibility index (Phi) is 13.9. The van der Waals surface area contributed by atoms with Gasteiger partial charge in [0.2, 0.25) is 5.91 Å². The fraction of sp³-hybridized carbons (Fsp3) is 0.889. The maximum absolute atomic E-state index is 12.4. The number of ether oxygens (including phenoxy) is 1. The molecule has 4 N–H and O–H groups in total. The summed E-state index contributed by atoms with van der Waals surface area (Å²) < 4.78 is 5.12. The van der Waals surface area contributed by atoms with Gasteiger partial charge in [0.15, 0.2) is 0 Å². The predicted octanol–water partition coefficient (Wildman–Crippen LogP) is 4.99. The number of aliphatic hydroxyl groups is 1. The van der Waals surface area contributed by atoms with Gasteiger partial charge in [-0.3, -0.25) is 9.59 Å². The van der Waals surface area contributed by atoms with Crippen LogP contribution in [0.5, 0.6) is 0 Å². The van der Waals surface area contributed by atoms with Gasteiger partial charge in [-0.25, -0.2) is 4.79 Å². The minimum absolute atomic E-state index is 0.00352. The summed E-state index contributed by atoms with van der Waals surface area (Å²) in [6.07, 6.45) is 4.03. The van der Waals surface area contributed by atoms with E-state index in [9.17, 15) is 24.6 Å². The molecule has 0 aromatic heterocycles. The third-order valence-electron chi connectivity index (χ3n) is 7.24. The van der Waals surface area contributed by atoms with Crippen LogP contribution in [-0.2, 0) is 14.3 Å². The normalized spacial score (nSPS) is 23.8. The predicted molar refractivity (Wildman–Crippen MR) is 139 cm³/mol. The van der Waals surface area contributed by atoms with Crippen molar-refractivity contribution in [3.63, 3.8) is 0 Å². The Balaban J connectivity index is 0.00000209. The first kappa shape index (κ1) is 33.2. The SMILES string of the molecule is CCC(C)C.CCC(C)C(=O)NC1CC(C)(C)CC(C)(CNC(=O)OCC(CC)(CO)C(=O)O)C1. The maximum Gasteiger partial charge on any atom is 0.407 e. The Hall–Kier alpha value is -1.83. The molecule has 0 saturated heterocycles. The molecule has 0 heterocycles. The van der Waals surface area contributed by atoms with Gasteiger partial charge in [-0.15, -0.1) is 0 Å². The van der Waals surface area contributed by atoms with Crippen LogP contribution >= 0.6 is 0 Å². The minimum Gasteiger partial charge on any atom is -0.481 e. The van der Waals surface area contributed by atoms with Crippen molar-refractivity contribution >= 4 is 18.0 Å². The van der Waals surface area contributed by atoms with Crippen molar-refractivity contribution in [1.29, 1.82) is 0 Å². The Labute approximate surface area is 213 Å². The highest BCUT2D eigenvalue weighted by Crippen LogP contribution is 2.45. The van der Waals surface area contributed by atoms with Crippen LogP contribution in [0.1, 0.15) is 101 Å². The van der Waals surface area contributed by atoms with E-state index in [-0.39, 0.29) is 35.1 Å². The molecule has 2 amide bonds. The van der Waals surface area contributed by atoms with Crippen molar-refractivity contribution in [1.82, 2.24) is 10.6 Å². The molecular weight excluding hydrogens is 448 g/mol. The topological polar surface area (TPSA) is 125 Å². The Bertz CT molecular complexity index is 675. The average Bonchev–Trinajstić information content (AvgIpc) is 2.76. The molecule has 1 fully saturated rings. The highest BCUT2D eigenvalue weighted by Gasteiger charge is 2.42. The van der Waals surface area contributed by atoms with Crippen LogP contribution < -0.4 is 10.6 Å². The monoisotopic (exact) mass is 500 g/mol. The van der Waals surface area contributed by atoms with Crippen LogP contribution in [0.2, 0.25) is 0 Å². The fourth-order valence-corrected chi connectivity index (χ4v) is 4.48. The molecule has 8 heteroatoms. The lowest BCUT2D eigenvalue weighted by Crippen LogP contribution is -2.51. The summed E-state index contributed by atoms with van der Waals surface area (Å²) in [4.78, 5) is 36.0. The molecule has 8 nitrogen and oxygen atoms in total. The van der Waals surface area contributed by atoms with Gasteiger partial charge < -0.3 is 25.6 Å². The molecule has 1 aliphatic carbocycles. The smallest absolute Gasteiger partial charge is 0.407 e. The first-order chi connectivity index (χ1) is 16.1. The molecule has 0 radical (unpaired) electrons. The second-order valence-electron chi connectivity index (χ2n) is 11.9. The van der Waals surface area contributed by atoms with E-state index in [2.05, 4.69) is 52.2 Å². The number of rotatable bonds is 11. The van der Waals surface area contributed by atoms with Gasteiger partial charge in [-0.1, -0.05) is 68.7 Å². The van der Waals surface area contributed by atoms with Crippen LogP contribution in [0.4, 0.5) is 4.79 Å². The number of hydrogen-bond acceptors (Lipinski definition) is 5. The van der Waals surface area contributed by atoms with Crippen molar-refractivity contribution in [3.8, 4) is 0 Å². The van der Waals surface area contributed by atoms with E-state index >= 15 is 0 Å². The summed E-state index contributed by atoms with van der Waals surface area (Å²) in [5.41, 5.74) is -1.72. The van der Waals surface area contributed by atoms with Crippen LogP contribution in [-0.4, -0.2) is 54.0 Å². The minimum atomic E-state index is -1.49. The number of carbonyl (C=O) groups is 3. The molecule has 1 saturated carbocycles. The highest BCUT2D eigenvalue weighted by atomic mass is 16.6. The van der Waals surface area contributed by atoms with Gasteiger partial charge in [-0.05, 0) is 48.9 Å². The van der Waals surface area contributed by atoms with E-state index in [1.165, 1.54) is 6.42 Å². The van der Waals surface area contributed by atoms with Gasteiger partial charge in [0.25, 0.3) is 0 Å². The lowest BCUT2D eigenvalue weighted by Gasteiger charge is -2.47. The zero-order valence-corrected chi connectivity index (χ0v) is 23.6. The lowest BCUT2D eigenvalue weighted by molar-refractivity contribution is -0.154. The van der Waals surface area contributed by atoms with E-state index in [4.69, 9.17) is 4.74 Å². The maximum atomic E-state index is 12.4. The second kappa shape index (κ2) is 14.7. The summed E-state index contributed by atoms with van der Waals surface area (Å²) in [6, 6.07) is 0.0345. The lowest BCUT2D eigenvalue weighted by atomic mass is 9.62. The summed E-state index contributed by atoms with van der Waals surface area (Å²) in [7, 11) is 0. The van der Waals surface area contributed by atoms with Crippen molar-refractivity contribution in [3.05, 3.63) is 0 Å². The zero-order valence-electron chi connectivity index (χ0n) is 23.6. The Morgan fingerprint density at radius 2 is 1.63 bits per heavy atom. The molecule has 0 aromatic carbocycles. The standard InChI is InChI=1S/C22H40N2O6.C5H12/c1-7-15(3)17(26)24-16-9-20(4,5)11-21(6,10-16)12-23-19(29)30-14-22(8-2,13-25)18(27)28;1-4-5(2)3/h15-16,25H,7-14H2,1-6H3,(H,23,29)(H,24,26)(H,27,28);5H,4H2,1-3H3. The molecule has 206 valence electrons. The third-order valence-corrected chi connectivity index (χ3v) is 7.24. The molecule has 1 rings (SSSR count). The van der Waals surface area contributed by atoms with Crippen LogP contribution in [0.25, 0.3) is 0 Å². The third kappa shape index (κ3) is 11.6. The first-order valence-electron chi connectivity index (χ1n) is 13.1. The Morgan fingerprint density at radius 3 is 2.06 bits per heavy atom. The van der Waals surface area contributed by atoms with Crippen molar-refractivity contribution in [2.24, 2.45) is 28.1 Å². The van der Waals surface area contributed by atoms with E-state index in [1.54, 1.807) is 6.92 Å². The summed E-state index contributed by atoms with van der Waals surface area (Å²) in [6.45, 7) is 17.9. The number of alkyl carbamates (subject to hydrolysis) is 1. The summed E-state index contributed by atoms with van der Waals surface area (Å²) in [5.74, 6) is -0.284. The quantitative estimate of drug-likeness (QED) is 0.317. The first-order valence-corrected chi connectivity index (χ1v) is 13.1. The van der Waals surface area contributed by atoms with Gasteiger partial charge >= 0.3 is 12.1 Å². The number of aliphatic hydroxyl groups excluding tert-OH is 1. The van der Waals surface area contributed by atoms with Gasteiger partial charge in [0, 0.05) is 18.5 Å². The highest BCUT2D eigenvalue weighted by molar-refractivity contribution is 5.78. The number of hydrogen-bond donors (Lipinski definition) is 4. The second-order valence-corrected chi connectivity index (χ2v) is 11.9. The van der Waals surface area contributed by atoms with Crippen LogP contribution in [0.3, 0.4) is 0 Å². The molecule has 1 aliphatic rings. The van der Waals surface area contributed by atoms with E-state index in [0.717, 1.165) is 31.6 Å². The van der Waals surface area contributed by atoms with Gasteiger partial charge in [0.1, 0.15) is 12.0 Å². The molecule has 0 bridgehead atoms. The number of nitrogens with one attached hydrogen (secondary N) is 2. The number of carboxylic acids is 1. The largest absolute Gasteiger partial charge is 0.481 e. The number of amides is 2. The fourth-order valence-electron chi connectivity index (χ4n) is 4.48. The summed E-state index contributed by atoms with van der Waals surface area (Å²) >= 11 is 0. The zero-order chi connectivity index (χ0) is 27.4. The van der Waals surface area contributed by atoms with Crippen molar-refractivity contribution < 1.29 is 29.3 Å². The molecule has 0 aliphatic heterocycles. The number of carbonyl (C=O) groups excluding carboxylic acids is 2. The van der Waals surface area contributed by atoms with Crippen molar-refractivity contribution in [2.45, 2.75) is 107 Å². The molecule has 0 spiro atoms. The number of aliphatic carboxylic acids is 1. The van der Waals surface area contributed by atoms with E-state index in [1.807, 2.05) is 13.8 Å². The summed E-state index contributed by atoms with van der Waals surface area (Å²) in [5, 5.41) is 24.7. The van der Waals surface area contributed by atoms with Crippen LogP contribution in [0.15, 0.2) is 0 Å². The van der Waals surface area contributed by atoms with E-state index < -0.39 is 30.7 Å². The molecule has 35 heavy (non-hydrogen) atoms. The Morgan fingerprint density at radius 1 is 1.06 bits per heavy atom. The van der Waals surface area contributed by atoms with Crippen LogP contribution in [0, 0.1) is 28.1 Å². The van der Waals surface area contributed by atoms with Gasteiger partial charge in [-0.2, -0.15) is 0 Å². The van der Waals surface area contributed by atoms with E-state index in [0.29, 0.717) is 6.54 Å². The van der Waals surface area contributed by atoms with Gasteiger partial charge in [0.05, 0.1) is 6.61 Å². The van der Waals surface area contributed by atoms with Crippen molar-refractivity contribution in [2.75, 3.05) is 19.8 Å². The molecule has 4 atom stereocenters. The average molecular weight is 501 g/mol. The molecule has 0 aromatic rings. The number of carboxylic acid groups (broad SMARTS) is 1. The molecular formula is C27H52N2O6.